The molecule has 0 amide bonds. The highest BCUT2D eigenvalue weighted by Gasteiger charge is 2.30. The van der Waals surface area contributed by atoms with Gasteiger partial charge in [0.2, 0.25) is 17.2 Å². The minimum Gasteiger partial charge on any atom is -0.368 e. The summed E-state index contributed by atoms with van der Waals surface area (Å²) in [6, 6.07) is 21.3. The van der Waals surface area contributed by atoms with E-state index in [0.29, 0.717) is 5.69 Å². The number of aromatic nitrogens is 11. The van der Waals surface area contributed by atoms with E-state index in [9.17, 15) is 47.3 Å². The Kier molecular flexibility index (Phi) is 10.2. The van der Waals surface area contributed by atoms with E-state index >= 15 is 0 Å². The van der Waals surface area contributed by atoms with Crippen molar-refractivity contribution < 1.29 is 47.3 Å². The van der Waals surface area contributed by atoms with E-state index in [1.54, 1.807) is 12.1 Å². The van der Waals surface area contributed by atoms with Gasteiger partial charge < -0.3 is 21.0 Å². The van der Waals surface area contributed by atoms with E-state index in [4.69, 9.17) is 22.3 Å². The van der Waals surface area contributed by atoms with Gasteiger partial charge >= 0.3 is 0 Å². The second-order valence-corrected chi connectivity index (χ2v) is 21.6. The number of nitrogens with one attached hydrogen (secondary N) is 4. The minimum atomic E-state index is -5.00. The van der Waals surface area contributed by atoms with E-state index in [1.807, 2.05) is 0 Å². The third kappa shape index (κ3) is 8.05. The smallest absolute Gasteiger partial charge is 0.295 e. The molecule has 0 spiro atoms. The topological polar surface area (TPSA) is 395 Å². The first kappa shape index (κ1) is 45.3. The van der Waals surface area contributed by atoms with Crippen LogP contribution in [-0.2, 0) is 40.4 Å². The Morgan fingerprint density at radius 1 is 0.493 bits per heavy atom. The van der Waals surface area contributed by atoms with Gasteiger partial charge in [0, 0.05) is 43.9 Å². The van der Waals surface area contributed by atoms with Gasteiger partial charge in [-0.1, -0.05) is 42.5 Å². The van der Waals surface area contributed by atoms with Crippen molar-refractivity contribution in [2.75, 3.05) is 15.8 Å². The summed E-state index contributed by atoms with van der Waals surface area (Å²) in [4.78, 5) is 43.0. The Morgan fingerprint density at radius 2 is 1.01 bits per heavy atom. The van der Waals surface area contributed by atoms with Gasteiger partial charge in [0.25, 0.3) is 40.4 Å². The van der Waals surface area contributed by atoms with Gasteiger partial charge in [0.1, 0.15) is 37.3 Å². The maximum Gasteiger partial charge on any atom is 0.295 e. The van der Waals surface area contributed by atoms with Gasteiger partial charge in [-0.25, -0.2) is 38.3 Å². The van der Waals surface area contributed by atoms with E-state index < -0.39 is 55.1 Å². The monoisotopic (exact) mass is 1050 g/mol. The number of nitrogens with zero attached hydrogens (tertiary/aromatic N) is 9. The second-order valence-electron chi connectivity index (χ2n) is 15.4. The van der Waals surface area contributed by atoms with Crippen LogP contribution in [0.2, 0.25) is 5.28 Å². The van der Waals surface area contributed by atoms with Crippen LogP contribution in [0.5, 0.6) is 0 Å². The van der Waals surface area contributed by atoms with E-state index in [-0.39, 0.29) is 117 Å². The molecule has 2 aliphatic rings. The number of rotatable bonds is 8. The van der Waals surface area contributed by atoms with Crippen LogP contribution in [0.15, 0.2) is 117 Å². The molecular formula is C41H25ClN14O11S4. The maximum absolute atomic E-state index is 14.2. The standard InChI is InChI=1S/C41H25ClN14O11S4/c42-39-53-40(43)55-41(54-39)44-17-5-1-6-18(15-17)56-68(57,58)19-13-14-20-24(16-19)35-45-31(20)47-36-29-22(8-3-11-26(29)70(62,63)64)33(49-36)51-38-30-23(9-4-12-27(30)71(65,66)67)34(52-38)50-37-28-21(32(46-35)48-37)7-2-10-25(28)69(59,60)61/h1-16,56H,(H,59,60,61)(H,62,63,64)(H,65,66,67)(H3,43,44,53,54,55)(H2,45,46,47,48,49,50,51,52). The number of nitrogen functional groups attached to an aromatic ring is 1. The molecule has 0 fully saturated rings. The fourth-order valence-electron chi connectivity index (χ4n) is 8.06. The second kappa shape index (κ2) is 15.9. The zero-order valence-corrected chi connectivity index (χ0v) is 39.0. The van der Waals surface area contributed by atoms with Crippen LogP contribution in [0.1, 0.15) is 0 Å². The van der Waals surface area contributed by atoms with Gasteiger partial charge in [-0.15, -0.1) is 0 Å². The molecule has 9 N–H and O–H groups in total. The average molecular weight is 1050 g/mol. The quantitative estimate of drug-likeness (QED) is 0.0861. The van der Waals surface area contributed by atoms with Crippen LogP contribution in [0.25, 0.3) is 89.7 Å². The molecule has 8 bridgehead atoms. The summed E-state index contributed by atoms with van der Waals surface area (Å²) in [5.41, 5.74) is 5.15. The molecule has 6 heterocycles. The molecule has 0 saturated carbocycles. The average Bonchev–Trinajstić information content (AvgIpc) is 4.03. The first-order valence-corrected chi connectivity index (χ1v) is 26.1. The maximum atomic E-state index is 14.2. The van der Waals surface area contributed by atoms with Crippen molar-refractivity contribution in [3.8, 4) is 45.6 Å². The summed E-state index contributed by atoms with van der Waals surface area (Å²) in [5.74, 6) is -1.25. The number of fused-ring (bicyclic) bond motifs is 20. The summed E-state index contributed by atoms with van der Waals surface area (Å²) in [5, 5.41) is 2.33. The molecule has 30 heteroatoms. The lowest BCUT2D eigenvalue weighted by molar-refractivity contribution is 0.481. The molecule has 9 aromatic rings. The van der Waals surface area contributed by atoms with E-state index in [0.717, 1.165) is 18.2 Å². The molecule has 4 aromatic heterocycles. The van der Waals surface area contributed by atoms with Crippen molar-refractivity contribution >= 4 is 119 Å². The Hall–Kier alpha value is -8.16. The molecule has 71 heavy (non-hydrogen) atoms. The minimum absolute atomic E-state index is 0.0141. The number of hydrogen-bond donors (Lipinski definition) is 8. The van der Waals surface area contributed by atoms with Crippen molar-refractivity contribution in [2.45, 2.75) is 19.6 Å². The Bertz CT molecular complexity index is 4460. The van der Waals surface area contributed by atoms with Crippen molar-refractivity contribution in [1.82, 2.24) is 54.8 Å². The lowest BCUT2D eigenvalue weighted by atomic mass is 10.1. The van der Waals surface area contributed by atoms with E-state index in [1.165, 1.54) is 66.7 Å². The molecular weight excluding hydrogens is 1030 g/mol. The van der Waals surface area contributed by atoms with Crippen LogP contribution >= 0.6 is 11.6 Å². The zero-order valence-electron chi connectivity index (χ0n) is 35.0. The fraction of sp³-hybridized carbons (Fsp3) is 0. The van der Waals surface area contributed by atoms with E-state index in [2.05, 4.69) is 59.9 Å². The molecule has 5 aromatic carbocycles. The lowest BCUT2D eigenvalue weighted by Crippen LogP contribution is -2.13. The number of sulfonamides is 1. The van der Waals surface area contributed by atoms with Crippen molar-refractivity contribution in [2.24, 2.45) is 0 Å². The number of hydrogen-bond acceptors (Lipinski definition) is 19. The molecule has 0 aliphatic carbocycles. The van der Waals surface area contributed by atoms with Gasteiger partial charge in [-0.2, -0.15) is 40.2 Å². The third-order valence-electron chi connectivity index (χ3n) is 10.9. The number of anilines is 4. The van der Waals surface area contributed by atoms with Crippen molar-refractivity contribution in [3.63, 3.8) is 0 Å². The highest BCUT2D eigenvalue weighted by Crippen LogP contribution is 2.41. The normalized spacial score (nSPS) is 12.7. The molecule has 0 atom stereocenters. The molecule has 0 saturated heterocycles. The van der Waals surface area contributed by atoms with Crippen LogP contribution in [0.4, 0.5) is 23.3 Å². The third-order valence-corrected chi connectivity index (χ3v) is 15.1. The lowest BCUT2D eigenvalue weighted by Gasteiger charge is -2.11. The predicted molar refractivity (Wildman–Crippen MR) is 255 cm³/mol. The van der Waals surface area contributed by atoms with Crippen LogP contribution in [0.3, 0.4) is 0 Å². The molecule has 0 unspecified atom stereocenters. The number of halogens is 1. The largest absolute Gasteiger partial charge is 0.368 e. The SMILES string of the molecule is Nc1nc(Cl)nc(Nc2cccc(NS(=O)(=O)c3ccc4c(c3)-c3nc-4nc4[nH]c(nc5nc(nc6[nH]c(n3)c3cccc(S(=O)(=O)O)c63)-c3cccc(S(=O)(=O)O)c3-5)c3cccc(S(=O)(=O)O)c43)c2)n1. The first-order valence-electron chi connectivity index (χ1n) is 19.9. The molecule has 25 nitrogen and oxygen atoms in total. The van der Waals surface area contributed by atoms with Gasteiger partial charge in [0.15, 0.2) is 23.3 Å². The number of aromatic amines is 2. The highest BCUT2D eigenvalue weighted by atomic mass is 35.5. The van der Waals surface area contributed by atoms with Crippen LogP contribution in [0, 0.1) is 0 Å². The summed E-state index contributed by atoms with van der Waals surface area (Å²) < 4.78 is 139. The highest BCUT2D eigenvalue weighted by molar-refractivity contribution is 7.92. The van der Waals surface area contributed by atoms with Gasteiger partial charge in [-0.3, -0.25) is 18.4 Å². The molecule has 356 valence electrons. The first-order chi connectivity index (χ1) is 33.6. The molecule has 0 radical (unpaired) electrons. The van der Waals surface area contributed by atoms with Crippen molar-refractivity contribution in [3.05, 3.63) is 102 Å². The number of benzene rings is 5. The van der Waals surface area contributed by atoms with Gasteiger partial charge in [0.05, 0.1) is 16.1 Å². The fourth-order valence-corrected chi connectivity index (χ4v) is 11.4. The van der Waals surface area contributed by atoms with Crippen molar-refractivity contribution in [1.29, 1.82) is 0 Å². The molecule has 11 rings (SSSR count). The van der Waals surface area contributed by atoms with Gasteiger partial charge in [-0.05, 0) is 66.2 Å². The van der Waals surface area contributed by atoms with Crippen LogP contribution in [-0.4, -0.2) is 102 Å². The zero-order chi connectivity index (χ0) is 49.9. The number of nitrogens with two attached hydrogens (primary N) is 1. The summed E-state index contributed by atoms with van der Waals surface area (Å²) in [6.45, 7) is 0. The Morgan fingerprint density at radius 3 is 1.63 bits per heavy atom. The number of H-pyrrole nitrogens is 2. The Labute approximate surface area is 402 Å². The summed E-state index contributed by atoms with van der Waals surface area (Å²) >= 11 is 5.91. The summed E-state index contributed by atoms with van der Waals surface area (Å²) in [7, 11) is -19.4. The molecule has 2 aliphatic heterocycles. The Balaban J connectivity index is 1.19. The van der Waals surface area contributed by atoms with Crippen LogP contribution < -0.4 is 15.8 Å². The predicted octanol–water partition coefficient (Wildman–Crippen LogP) is 5.57. The summed E-state index contributed by atoms with van der Waals surface area (Å²) in [6.07, 6.45) is 0.